The van der Waals surface area contributed by atoms with Crippen molar-refractivity contribution < 1.29 is 19.1 Å². The second-order valence-electron chi connectivity index (χ2n) is 6.39. The lowest BCUT2D eigenvalue weighted by Crippen LogP contribution is -2.08. The number of carbonyl (C=O) groups is 3. The molecule has 0 spiro atoms. The first-order chi connectivity index (χ1) is 14.5. The van der Waals surface area contributed by atoms with Gasteiger partial charge in [-0.2, -0.15) is 5.10 Å². The maximum atomic E-state index is 12.6. The Morgan fingerprint density at radius 1 is 1.10 bits per heavy atom. The van der Waals surface area contributed by atoms with E-state index < -0.39 is 5.97 Å². The van der Waals surface area contributed by atoms with E-state index in [2.05, 4.69) is 10.4 Å². The fourth-order valence-corrected chi connectivity index (χ4v) is 2.80. The number of nitrogens with zero attached hydrogens (tertiary/aromatic N) is 2. The van der Waals surface area contributed by atoms with Crippen LogP contribution in [0.15, 0.2) is 66.9 Å². The molecule has 3 aromatic rings. The summed E-state index contributed by atoms with van der Waals surface area (Å²) in [7, 11) is 0. The highest BCUT2D eigenvalue weighted by Crippen LogP contribution is 2.17. The predicted octanol–water partition coefficient (Wildman–Crippen LogP) is 3.90. The van der Waals surface area contributed by atoms with Gasteiger partial charge in [0.15, 0.2) is 11.5 Å². The first kappa shape index (κ1) is 20.7. The lowest BCUT2D eigenvalue weighted by atomic mass is 10.1. The number of ketones is 1. The van der Waals surface area contributed by atoms with Gasteiger partial charge in [0.1, 0.15) is 0 Å². The van der Waals surface area contributed by atoms with Gasteiger partial charge in [-0.15, -0.1) is 0 Å². The normalized spacial score (nSPS) is 10.7. The molecule has 0 aliphatic rings. The predicted molar refractivity (Wildman–Crippen MR) is 114 cm³/mol. The number of para-hydroxylation sites is 1. The highest BCUT2D eigenvalue weighted by atomic mass is 16.5. The standard InChI is InChI=1S/C23H21N3O4/c1-3-30-23(29)22-18(15-26(25-22)20-10-5-4-6-11-20)12-13-21(28)17-8-7-9-19(14-17)24-16(2)27/h4-15H,3H2,1-2H3,(H,24,27)/b13-12+. The first-order valence-electron chi connectivity index (χ1n) is 9.40. The number of rotatable bonds is 7. The maximum absolute atomic E-state index is 12.6. The van der Waals surface area contributed by atoms with Crippen molar-refractivity contribution in [2.24, 2.45) is 0 Å². The first-order valence-corrected chi connectivity index (χ1v) is 9.40. The number of carbonyl (C=O) groups excluding carboxylic acids is 3. The highest BCUT2D eigenvalue weighted by molar-refractivity contribution is 6.08. The summed E-state index contributed by atoms with van der Waals surface area (Å²) < 4.78 is 6.65. The number of esters is 1. The van der Waals surface area contributed by atoms with Crippen LogP contribution in [0.4, 0.5) is 5.69 Å². The van der Waals surface area contributed by atoms with Gasteiger partial charge in [0.05, 0.1) is 12.3 Å². The van der Waals surface area contributed by atoms with Crippen LogP contribution < -0.4 is 5.32 Å². The van der Waals surface area contributed by atoms with Crippen LogP contribution in [0, 0.1) is 0 Å². The quantitative estimate of drug-likeness (QED) is 0.367. The van der Waals surface area contributed by atoms with Crippen LogP contribution in [0.5, 0.6) is 0 Å². The molecule has 0 radical (unpaired) electrons. The van der Waals surface area contributed by atoms with Gasteiger partial charge in [0.2, 0.25) is 5.91 Å². The van der Waals surface area contributed by atoms with Gasteiger partial charge in [-0.25, -0.2) is 9.48 Å². The van der Waals surface area contributed by atoms with Crippen molar-refractivity contribution in [2.75, 3.05) is 11.9 Å². The van der Waals surface area contributed by atoms with Crippen molar-refractivity contribution in [1.29, 1.82) is 0 Å². The van der Waals surface area contributed by atoms with E-state index in [1.165, 1.54) is 19.1 Å². The molecule has 0 aliphatic heterocycles. The lowest BCUT2D eigenvalue weighted by molar-refractivity contribution is -0.114. The Morgan fingerprint density at radius 2 is 1.87 bits per heavy atom. The minimum Gasteiger partial charge on any atom is -0.461 e. The molecule has 1 heterocycles. The number of allylic oxidation sites excluding steroid dienone is 1. The zero-order chi connectivity index (χ0) is 21.5. The average molecular weight is 403 g/mol. The molecule has 0 bridgehead atoms. The Labute approximate surface area is 174 Å². The van der Waals surface area contributed by atoms with E-state index in [9.17, 15) is 14.4 Å². The lowest BCUT2D eigenvalue weighted by Gasteiger charge is -2.03. The van der Waals surface area contributed by atoms with Gasteiger partial charge < -0.3 is 10.1 Å². The average Bonchev–Trinajstić information content (AvgIpc) is 3.17. The molecule has 1 N–H and O–H groups in total. The van der Waals surface area contributed by atoms with Crippen molar-refractivity contribution in [3.63, 3.8) is 0 Å². The van der Waals surface area contributed by atoms with Crippen LogP contribution in [-0.2, 0) is 9.53 Å². The molecule has 1 aromatic heterocycles. The zero-order valence-corrected chi connectivity index (χ0v) is 16.7. The van der Waals surface area contributed by atoms with Gasteiger partial charge in [0, 0.05) is 29.9 Å². The van der Waals surface area contributed by atoms with Gasteiger partial charge in [-0.3, -0.25) is 9.59 Å². The summed E-state index contributed by atoms with van der Waals surface area (Å²) in [5.74, 6) is -1.06. The number of nitrogens with one attached hydrogen (secondary N) is 1. The molecule has 7 heteroatoms. The second-order valence-corrected chi connectivity index (χ2v) is 6.39. The minimum absolute atomic E-state index is 0.122. The molecular formula is C23H21N3O4. The van der Waals surface area contributed by atoms with Gasteiger partial charge in [-0.05, 0) is 43.3 Å². The number of benzene rings is 2. The summed E-state index contributed by atoms with van der Waals surface area (Å²) in [6.07, 6.45) is 4.56. The zero-order valence-electron chi connectivity index (χ0n) is 16.7. The van der Waals surface area contributed by atoms with Crippen molar-refractivity contribution in [3.8, 4) is 5.69 Å². The number of ether oxygens (including phenoxy) is 1. The molecule has 0 aliphatic carbocycles. The molecule has 1 amide bonds. The van der Waals surface area contributed by atoms with Crippen molar-refractivity contribution >= 4 is 29.4 Å². The summed E-state index contributed by atoms with van der Waals surface area (Å²) in [6.45, 7) is 3.33. The maximum Gasteiger partial charge on any atom is 0.359 e. The van der Waals surface area contributed by atoms with E-state index in [1.54, 1.807) is 42.1 Å². The van der Waals surface area contributed by atoms with Crippen LogP contribution in [0.25, 0.3) is 11.8 Å². The van der Waals surface area contributed by atoms with E-state index in [1.807, 2.05) is 30.3 Å². The third kappa shape index (κ3) is 5.08. The third-order valence-electron chi connectivity index (χ3n) is 4.11. The Hall–Kier alpha value is -4.00. The number of hydrogen-bond donors (Lipinski definition) is 1. The van der Waals surface area contributed by atoms with E-state index in [0.717, 1.165) is 5.69 Å². The Morgan fingerprint density at radius 3 is 2.57 bits per heavy atom. The van der Waals surface area contributed by atoms with Crippen LogP contribution in [-0.4, -0.2) is 34.0 Å². The SMILES string of the molecule is CCOC(=O)c1nn(-c2ccccc2)cc1/C=C/C(=O)c1cccc(NC(C)=O)c1. The van der Waals surface area contributed by atoms with Crippen LogP contribution >= 0.6 is 0 Å². The summed E-state index contributed by atoms with van der Waals surface area (Å²) in [5, 5.41) is 6.97. The number of amides is 1. The van der Waals surface area contributed by atoms with Crippen molar-refractivity contribution in [3.05, 3.63) is 83.7 Å². The van der Waals surface area contributed by atoms with Crippen molar-refractivity contribution in [2.45, 2.75) is 13.8 Å². The molecule has 0 fully saturated rings. The molecule has 7 nitrogen and oxygen atoms in total. The van der Waals surface area contributed by atoms with E-state index in [4.69, 9.17) is 4.74 Å². The Bertz CT molecular complexity index is 1100. The van der Waals surface area contributed by atoms with Gasteiger partial charge >= 0.3 is 5.97 Å². The Balaban J connectivity index is 1.90. The fraction of sp³-hybridized carbons (Fsp3) is 0.130. The molecule has 0 unspecified atom stereocenters. The number of aromatic nitrogens is 2. The van der Waals surface area contributed by atoms with Crippen LogP contribution in [0.3, 0.4) is 0 Å². The summed E-state index contributed by atoms with van der Waals surface area (Å²) in [4.78, 5) is 36.1. The van der Waals surface area contributed by atoms with E-state index in [-0.39, 0.29) is 24.0 Å². The van der Waals surface area contributed by atoms with Gasteiger partial charge in [0.25, 0.3) is 0 Å². The topological polar surface area (TPSA) is 90.3 Å². The molecule has 3 rings (SSSR count). The molecule has 0 atom stereocenters. The van der Waals surface area contributed by atoms with E-state index >= 15 is 0 Å². The summed E-state index contributed by atoms with van der Waals surface area (Å²) in [5.41, 5.74) is 2.30. The molecule has 152 valence electrons. The monoisotopic (exact) mass is 403 g/mol. The minimum atomic E-state index is -0.563. The number of anilines is 1. The smallest absolute Gasteiger partial charge is 0.359 e. The molecule has 2 aromatic carbocycles. The van der Waals surface area contributed by atoms with Crippen molar-refractivity contribution in [1.82, 2.24) is 9.78 Å². The van der Waals surface area contributed by atoms with Crippen LogP contribution in [0.1, 0.15) is 40.3 Å². The number of hydrogen-bond acceptors (Lipinski definition) is 5. The summed E-state index contributed by atoms with van der Waals surface area (Å²) >= 11 is 0. The molecule has 0 saturated carbocycles. The fourth-order valence-electron chi connectivity index (χ4n) is 2.80. The van der Waals surface area contributed by atoms with Crippen LogP contribution in [0.2, 0.25) is 0 Å². The van der Waals surface area contributed by atoms with E-state index in [0.29, 0.717) is 16.8 Å². The highest BCUT2D eigenvalue weighted by Gasteiger charge is 2.17. The molecular weight excluding hydrogens is 382 g/mol. The second kappa shape index (κ2) is 9.47. The Kier molecular flexibility index (Phi) is 6.54. The molecule has 0 saturated heterocycles. The third-order valence-corrected chi connectivity index (χ3v) is 4.11. The largest absolute Gasteiger partial charge is 0.461 e. The molecule has 30 heavy (non-hydrogen) atoms. The van der Waals surface area contributed by atoms with Gasteiger partial charge in [-0.1, -0.05) is 30.3 Å². The summed E-state index contributed by atoms with van der Waals surface area (Å²) in [6, 6.07) is 15.9.